The number of aromatic nitrogens is 4. The minimum atomic E-state index is 0.218. The van der Waals surface area contributed by atoms with E-state index in [1.807, 2.05) is 42.0 Å². The van der Waals surface area contributed by atoms with Crippen molar-refractivity contribution in [3.8, 4) is 11.4 Å². The molecule has 3 rings (SSSR count). The normalized spacial score (nSPS) is 10.9. The smallest absolute Gasteiger partial charge is 0.154 e. The highest BCUT2D eigenvalue weighted by Gasteiger charge is 2.07. The van der Waals surface area contributed by atoms with Gasteiger partial charge in [0.15, 0.2) is 10.4 Å². The number of aromatic amines is 1. The fourth-order valence-electron chi connectivity index (χ4n) is 2.89. The lowest BCUT2D eigenvalue weighted by molar-refractivity contribution is 0.458. The number of unbranched alkanes of at least 4 members (excludes halogenated alkanes) is 2. The minimum Gasteiger partial charge on any atom is -0.505 e. The molecule has 0 radical (unpaired) electrons. The van der Waals surface area contributed by atoms with Crippen LogP contribution in [0, 0.1) is 11.6 Å². The molecular weight excluding hydrogens is 332 g/mol. The lowest BCUT2D eigenvalue weighted by Gasteiger charge is -2.12. The molecule has 1 aromatic carbocycles. The molecule has 25 heavy (non-hydrogen) atoms. The van der Waals surface area contributed by atoms with Gasteiger partial charge in [0.1, 0.15) is 0 Å². The number of nitrogens with one attached hydrogen (secondary N) is 1. The molecule has 0 spiro atoms. The van der Waals surface area contributed by atoms with Gasteiger partial charge < -0.3 is 9.67 Å². The molecule has 5 nitrogen and oxygen atoms in total. The lowest BCUT2D eigenvalue weighted by atomic mass is 10.1. The second-order valence-electron chi connectivity index (χ2n) is 6.23. The summed E-state index contributed by atoms with van der Waals surface area (Å²) in [6, 6.07) is 10.0. The van der Waals surface area contributed by atoms with Gasteiger partial charge in [-0.2, -0.15) is 15.4 Å². The van der Waals surface area contributed by atoms with E-state index in [9.17, 15) is 5.11 Å². The SMILES string of the molecule is Cc1cccc(-n2ccc(CCCCCc3cn[nH]n3)c(O)c2=S)c1. The van der Waals surface area contributed by atoms with E-state index in [1.54, 1.807) is 6.20 Å². The maximum absolute atomic E-state index is 10.5. The molecular formula is C19H22N4OS. The van der Waals surface area contributed by atoms with Crippen LogP contribution < -0.4 is 0 Å². The molecule has 3 aromatic rings. The molecule has 2 N–H and O–H groups in total. The van der Waals surface area contributed by atoms with Gasteiger partial charge in [-0.15, -0.1) is 0 Å². The van der Waals surface area contributed by atoms with Crippen LogP contribution >= 0.6 is 12.2 Å². The van der Waals surface area contributed by atoms with Crippen LogP contribution in [-0.2, 0) is 12.8 Å². The maximum atomic E-state index is 10.5. The maximum Gasteiger partial charge on any atom is 0.154 e. The van der Waals surface area contributed by atoms with E-state index in [0.717, 1.165) is 54.6 Å². The summed E-state index contributed by atoms with van der Waals surface area (Å²) in [5.41, 5.74) is 4.04. The van der Waals surface area contributed by atoms with Crippen molar-refractivity contribution in [2.45, 2.75) is 39.0 Å². The largest absolute Gasteiger partial charge is 0.505 e. The van der Waals surface area contributed by atoms with E-state index in [4.69, 9.17) is 12.2 Å². The Kier molecular flexibility index (Phi) is 5.60. The van der Waals surface area contributed by atoms with Gasteiger partial charge in [0.25, 0.3) is 0 Å². The Balaban J connectivity index is 1.61. The van der Waals surface area contributed by atoms with Crippen LogP contribution in [0.4, 0.5) is 0 Å². The van der Waals surface area contributed by atoms with Crippen LogP contribution in [0.5, 0.6) is 5.75 Å². The fraction of sp³-hybridized carbons (Fsp3) is 0.316. The molecule has 0 aliphatic heterocycles. The Labute approximate surface area is 152 Å². The van der Waals surface area contributed by atoms with Crippen molar-refractivity contribution in [1.29, 1.82) is 0 Å². The van der Waals surface area contributed by atoms with Crippen LogP contribution in [0.1, 0.15) is 36.1 Å². The van der Waals surface area contributed by atoms with E-state index < -0.39 is 0 Å². The van der Waals surface area contributed by atoms with Crippen molar-refractivity contribution < 1.29 is 5.11 Å². The molecule has 0 amide bonds. The highest BCUT2D eigenvalue weighted by atomic mass is 32.1. The van der Waals surface area contributed by atoms with Crippen LogP contribution in [-0.4, -0.2) is 25.1 Å². The number of nitrogens with zero attached hydrogens (tertiary/aromatic N) is 3. The second kappa shape index (κ2) is 8.07. The standard InChI is InChI=1S/C19H22N4OS/c1-14-6-5-9-17(12-14)23-11-10-15(18(24)19(23)25)7-3-2-4-8-16-13-20-22-21-16/h5-6,9-13,24H,2-4,7-8H2,1H3,(H,20,21,22). The molecule has 0 fully saturated rings. The molecule has 0 atom stereocenters. The van der Waals surface area contributed by atoms with Crippen LogP contribution in [0.3, 0.4) is 0 Å². The molecule has 2 aromatic heterocycles. The first-order valence-electron chi connectivity index (χ1n) is 8.50. The van der Waals surface area contributed by atoms with E-state index in [-0.39, 0.29) is 5.75 Å². The number of rotatable bonds is 7. The van der Waals surface area contributed by atoms with Crippen molar-refractivity contribution in [3.05, 3.63) is 64.2 Å². The summed E-state index contributed by atoms with van der Waals surface area (Å²) in [6.07, 6.45) is 8.60. The zero-order valence-electron chi connectivity index (χ0n) is 14.3. The van der Waals surface area contributed by atoms with E-state index >= 15 is 0 Å². The van der Waals surface area contributed by atoms with E-state index in [2.05, 4.69) is 21.5 Å². The summed E-state index contributed by atoms with van der Waals surface area (Å²) in [5.74, 6) is 0.218. The summed E-state index contributed by atoms with van der Waals surface area (Å²) in [6.45, 7) is 2.04. The first-order valence-corrected chi connectivity index (χ1v) is 8.91. The Morgan fingerprint density at radius 1 is 1.16 bits per heavy atom. The van der Waals surface area contributed by atoms with E-state index in [1.165, 1.54) is 0 Å². The average molecular weight is 354 g/mol. The number of H-pyrrole nitrogens is 1. The van der Waals surface area contributed by atoms with Crippen molar-refractivity contribution in [1.82, 2.24) is 20.0 Å². The highest BCUT2D eigenvalue weighted by Crippen LogP contribution is 2.24. The molecule has 6 heteroatoms. The Hall–Kier alpha value is -2.47. The van der Waals surface area contributed by atoms with Gasteiger partial charge in [0.2, 0.25) is 0 Å². The van der Waals surface area contributed by atoms with Gasteiger partial charge in [-0.05, 0) is 61.9 Å². The van der Waals surface area contributed by atoms with Gasteiger partial charge in [-0.1, -0.05) is 30.8 Å². The topological polar surface area (TPSA) is 66.7 Å². The molecule has 0 saturated carbocycles. The zero-order valence-corrected chi connectivity index (χ0v) is 15.1. The van der Waals surface area contributed by atoms with Crippen LogP contribution in [0.2, 0.25) is 0 Å². The quantitative estimate of drug-likeness (QED) is 0.490. The third kappa shape index (κ3) is 4.33. The molecule has 0 saturated heterocycles. The zero-order chi connectivity index (χ0) is 17.6. The number of hydrogen-bond acceptors (Lipinski definition) is 4. The number of aromatic hydroxyl groups is 1. The molecule has 0 unspecified atom stereocenters. The van der Waals surface area contributed by atoms with Crippen molar-refractivity contribution in [2.24, 2.45) is 0 Å². The fourth-order valence-corrected chi connectivity index (χ4v) is 3.19. The Morgan fingerprint density at radius 2 is 2.00 bits per heavy atom. The third-order valence-electron chi connectivity index (χ3n) is 4.27. The van der Waals surface area contributed by atoms with Gasteiger partial charge in [-0.3, -0.25) is 0 Å². The monoisotopic (exact) mass is 354 g/mol. The summed E-state index contributed by atoms with van der Waals surface area (Å²) >= 11 is 5.46. The number of aryl methyl sites for hydroxylation is 3. The van der Waals surface area contributed by atoms with Gasteiger partial charge in [0, 0.05) is 11.9 Å². The molecule has 0 bridgehead atoms. The Bertz CT molecular complexity index is 887. The average Bonchev–Trinajstić information content (AvgIpc) is 3.12. The third-order valence-corrected chi connectivity index (χ3v) is 4.66. The van der Waals surface area contributed by atoms with Crippen molar-refractivity contribution in [2.75, 3.05) is 0 Å². The number of hydrogen-bond donors (Lipinski definition) is 2. The highest BCUT2D eigenvalue weighted by molar-refractivity contribution is 7.71. The van der Waals surface area contributed by atoms with Gasteiger partial charge in [-0.25, -0.2) is 0 Å². The van der Waals surface area contributed by atoms with E-state index in [0.29, 0.717) is 4.64 Å². The van der Waals surface area contributed by atoms with Gasteiger partial charge in [0.05, 0.1) is 11.9 Å². The number of benzene rings is 1. The predicted molar refractivity (Wildman–Crippen MR) is 101 cm³/mol. The molecule has 2 heterocycles. The first kappa shape index (κ1) is 17.4. The van der Waals surface area contributed by atoms with Crippen LogP contribution in [0.25, 0.3) is 5.69 Å². The van der Waals surface area contributed by atoms with Crippen LogP contribution in [0.15, 0.2) is 42.7 Å². The number of pyridine rings is 1. The molecule has 0 aliphatic rings. The summed E-state index contributed by atoms with van der Waals surface area (Å²) < 4.78 is 2.32. The summed E-state index contributed by atoms with van der Waals surface area (Å²) in [4.78, 5) is 0. The second-order valence-corrected chi connectivity index (χ2v) is 6.61. The van der Waals surface area contributed by atoms with Crippen molar-refractivity contribution in [3.63, 3.8) is 0 Å². The summed E-state index contributed by atoms with van der Waals surface area (Å²) in [5, 5.41) is 20.9. The predicted octanol–water partition coefficient (Wildman–Crippen LogP) is 4.29. The first-order chi connectivity index (χ1) is 12.1. The lowest BCUT2D eigenvalue weighted by Crippen LogP contribution is -1.99. The van der Waals surface area contributed by atoms with Gasteiger partial charge >= 0.3 is 0 Å². The minimum absolute atomic E-state index is 0.218. The Morgan fingerprint density at radius 3 is 2.76 bits per heavy atom. The molecule has 0 aliphatic carbocycles. The van der Waals surface area contributed by atoms with Crippen molar-refractivity contribution >= 4 is 12.2 Å². The molecule has 130 valence electrons. The summed E-state index contributed by atoms with van der Waals surface area (Å²) in [7, 11) is 0.